The van der Waals surface area contributed by atoms with E-state index < -0.39 is 0 Å². The van der Waals surface area contributed by atoms with E-state index in [-0.39, 0.29) is 24.0 Å². The molecule has 0 atom stereocenters. The van der Waals surface area contributed by atoms with Gasteiger partial charge in [-0.25, -0.2) is 0 Å². The van der Waals surface area contributed by atoms with Crippen molar-refractivity contribution in [1.29, 1.82) is 0 Å². The standard InChI is InChI=1S/C19H26N4S.HI/c1-15-4-2-5-17(12-15)22-19(20)21-13-16-7-9-23(10-8-16)14-18-6-3-11-24-18;/h2-6,11-12,16H,7-10,13-14H2,1H3,(H3,20,21,22);1H. The van der Waals surface area contributed by atoms with Crippen LogP contribution in [0.2, 0.25) is 0 Å². The van der Waals surface area contributed by atoms with Crippen LogP contribution in [0.15, 0.2) is 46.8 Å². The first-order valence-corrected chi connectivity index (χ1v) is 9.45. The van der Waals surface area contributed by atoms with Crippen molar-refractivity contribution >= 4 is 47.0 Å². The minimum absolute atomic E-state index is 0. The molecule has 136 valence electrons. The number of thiophene rings is 1. The second-order valence-electron chi connectivity index (χ2n) is 6.52. The molecule has 2 heterocycles. The van der Waals surface area contributed by atoms with Crippen LogP contribution in [0.4, 0.5) is 5.69 Å². The molecule has 4 nitrogen and oxygen atoms in total. The zero-order valence-corrected chi connectivity index (χ0v) is 17.8. The van der Waals surface area contributed by atoms with Gasteiger partial charge in [-0.3, -0.25) is 9.89 Å². The molecule has 1 fully saturated rings. The number of guanidine groups is 1. The number of aryl methyl sites for hydroxylation is 1. The lowest BCUT2D eigenvalue weighted by atomic mass is 9.97. The van der Waals surface area contributed by atoms with Gasteiger partial charge in [-0.2, -0.15) is 0 Å². The Morgan fingerprint density at radius 2 is 2.08 bits per heavy atom. The Morgan fingerprint density at radius 3 is 2.76 bits per heavy atom. The number of aliphatic imine (C=N–C) groups is 1. The van der Waals surface area contributed by atoms with Crippen LogP contribution in [-0.2, 0) is 6.54 Å². The van der Waals surface area contributed by atoms with Gasteiger partial charge in [0.2, 0.25) is 0 Å². The third kappa shape index (κ3) is 6.60. The van der Waals surface area contributed by atoms with Gasteiger partial charge in [0.15, 0.2) is 5.96 Å². The molecule has 2 aromatic rings. The molecular formula is C19H27IN4S. The van der Waals surface area contributed by atoms with E-state index in [4.69, 9.17) is 5.73 Å². The topological polar surface area (TPSA) is 53.6 Å². The number of nitrogens with one attached hydrogen (secondary N) is 1. The minimum Gasteiger partial charge on any atom is -0.370 e. The lowest BCUT2D eigenvalue weighted by Gasteiger charge is -2.30. The second kappa shape index (κ2) is 10.1. The average molecular weight is 470 g/mol. The SMILES string of the molecule is Cc1cccc(NC(N)=NCC2CCN(Cc3cccs3)CC2)c1.I. The Morgan fingerprint density at radius 1 is 1.28 bits per heavy atom. The van der Waals surface area contributed by atoms with Crippen molar-refractivity contribution in [3.63, 3.8) is 0 Å². The Labute approximate surface area is 171 Å². The van der Waals surface area contributed by atoms with Crippen molar-refractivity contribution in [2.24, 2.45) is 16.6 Å². The fourth-order valence-electron chi connectivity index (χ4n) is 3.09. The van der Waals surface area contributed by atoms with Gasteiger partial charge in [-0.1, -0.05) is 18.2 Å². The maximum atomic E-state index is 6.02. The summed E-state index contributed by atoms with van der Waals surface area (Å²) in [5, 5.41) is 5.33. The summed E-state index contributed by atoms with van der Waals surface area (Å²) in [7, 11) is 0. The van der Waals surface area contributed by atoms with E-state index in [1.807, 2.05) is 23.5 Å². The maximum absolute atomic E-state index is 6.02. The van der Waals surface area contributed by atoms with Crippen LogP contribution >= 0.6 is 35.3 Å². The Balaban J connectivity index is 0.00000225. The highest BCUT2D eigenvalue weighted by molar-refractivity contribution is 14.0. The normalized spacial score (nSPS) is 16.4. The summed E-state index contributed by atoms with van der Waals surface area (Å²) in [6, 6.07) is 12.5. The molecule has 0 unspecified atom stereocenters. The number of piperidine rings is 1. The summed E-state index contributed by atoms with van der Waals surface area (Å²) in [6.07, 6.45) is 2.40. The highest BCUT2D eigenvalue weighted by Gasteiger charge is 2.19. The quantitative estimate of drug-likeness (QED) is 0.389. The van der Waals surface area contributed by atoms with Crippen molar-refractivity contribution in [2.75, 3.05) is 25.0 Å². The number of halogens is 1. The van der Waals surface area contributed by atoms with Gasteiger partial charge >= 0.3 is 0 Å². The van der Waals surface area contributed by atoms with Gasteiger partial charge in [-0.05, 0) is 67.9 Å². The molecule has 1 aromatic heterocycles. The molecule has 1 aromatic carbocycles. The lowest BCUT2D eigenvalue weighted by Crippen LogP contribution is -2.34. The molecule has 1 aliphatic rings. The molecule has 0 radical (unpaired) electrons. The first-order chi connectivity index (χ1) is 11.7. The number of benzene rings is 1. The predicted molar refractivity (Wildman–Crippen MR) is 119 cm³/mol. The summed E-state index contributed by atoms with van der Waals surface area (Å²) in [4.78, 5) is 8.54. The number of likely N-dealkylation sites (tertiary alicyclic amines) is 1. The van der Waals surface area contributed by atoms with Gasteiger partial charge in [0, 0.05) is 23.7 Å². The fourth-order valence-corrected chi connectivity index (χ4v) is 3.83. The Bertz CT molecular complexity index is 664. The Kier molecular flexibility index (Phi) is 8.18. The predicted octanol–water partition coefficient (Wildman–Crippen LogP) is 4.31. The lowest BCUT2D eigenvalue weighted by molar-refractivity contribution is 0.182. The molecule has 0 spiro atoms. The van der Waals surface area contributed by atoms with Crippen LogP contribution in [0.1, 0.15) is 23.3 Å². The number of hydrogen-bond donors (Lipinski definition) is 2. The summed E-state index contributed by atoms with van der Waals surface area (Å²) >= 11 is 1.85. The number of nitrogens with two attached hydrogens (primary N) is 1. The van der Waals surface area contributed by atoms with Gasteiger partial charge in [0.05, 0.1) is 0 Å². The van der Waals surface area contributed by atoms with Crippen molar-refractivity contribution in [3.05, 3.63) is 52.2 Å². The first kappa shape index (κ1) is 20.2. The van der Waals surface area contributed by atoms with Crippen molar-refractivity contribution in [2.45, 2.75) is 26.3 Å². The molecular weight excluding hydrogens is 443 g/mol. The van der Waals surface area contributed by atoms with E-state index in [0.717, 1.165) is 31.9 Å². The second-order valence-corrected chi connectivity index (χ2v) is 7.55. The zero-order chi connectivity index (χ0) is 16.8. The van der Waals surface area contributed by atoms with Gasteiger partial charge in [0.1, 0.15) is 0 Å². The molecule has 0 bridgehead atoms. The summed E-state index contributed by atoms with van der Waals surface area (Å²) in [5.41, 5.74) is 8.24. The van der Waals surface area contributed by atoms with Crippen LogP contribution in [0.25, 0.3) is 0 Å². The largest absolute Gasteiger partial charge is 0.370 e. The number of rotatable bonds is 5. The summed E-state index contributed by atoms with van der Waals surface area (Å²) in [6.45, 7) is 6.29. The fraction of sp³-hybridized carbons (Fsp3) is 0.421. The Hall–Kier alpha value is -1.12. The highest BCUT2D eigenvalue weighted by Crippen LogP contribution is 2.21. The van der Waals surface area contributed by atoms with E-state index in [1.165, 1.54) is 23.3 Å². The number of nitrogens with zero attached hydrogens (tertiary/aromatic N) is 2. The molecule has 0 amide bonds. The molecule has 0 saturated carbocycles. The number of anilines is 1. The molecule has 0 aliphatic carbocycles. The molecule has 6 heteroatoms. The summed E-state index contributed by atoms with van der Waals surface area (Å²) < 4.78 is 0. The van der Waals surface area contributed by atoms with Crippen LogP contribution in [0, 0.1) is 12.8 Å². The summed E-state index contributed by atoms with van der Waals surface area (Å²) in [5.74, 6) is 1.16. The van der Waals surface area contributed by atoms with Crippen LogP contribution in [0.3, 0.4) is 0 Å². The van der Waals surface area contributed by atoms with Gasteiger partial charge in [-0.15, -0.1) is 35.3 Å². The first-order valence-electron chi connectivity index (χ1n) is 8.57. The van der Waals surface area contributed by atoms with Crippen molar-refractivity contribution in [3.8, 4) is 0 Å². The van der Waals surface area contributed by atoms with Gasteiger partial charge in [0.25, 0.3) is 0 Å². The average Bonchev–Trinajstić information content (AvgIpc) is 3.07. The van der Waals surface area contributed by atoms with E-state index in [2.05, 4.69) is 51.8 Å². The van der Waals surface area contributed by atoms with Crippen LogP contribution in [-0.4, -0.2) is 30.5 Å². The van der Waals surface area contributed by atoms with Crippen LogP contribution in [0.5, 0.6) is 0 Å². The maximum Gasteiger partial charge on any atom is 0.193 e. The van der Waals surface area contributed by atoms with E-state index in [1.54, 1.807) is 0 Å². The third-order valence-corrected chi connectivity index (χ3v) is 5.34. The van der Waals surface area contributed by atoms with Crippen molar-refractivity contribution < 1.29 is 0 Å². The smallest absolute Gasteiger partial charge is 0.193 e. The van der Waals surface area contributed by atoms with Gasteiger partial charge < -0.3 is 11.1 Å². The van der Waals surface area contributed by atoms with E-state index >= 15 is 0 Å². The van der Waals surface area contributed by atoms with E-state index in [9.17, 15) is 0 Å². The number of hydrogen-bond acceptors (Lipinski definition) is 3. The van der Waals surface area contributed by atoms with E-state index in [0.29, 0.717) is 11.9 Å². The molecule has 3 N–H and O–H groups in total. The molecule has 1 saturated heterocycles. The molecule has 25 heavy (non-hydrogen) atoms. The highest BCUT2D eigenvalue weighted by atomic mass is 127. The molecule has 3 rings (SSSR count). The zero-order valence-electron chi connectivity index (χ0n) is 14.6. The van der Waals surface area contributed by atoms with Crippen LogP contribution < -0.4 is 11.1 Å². The molecule has 1 aliphatic heterocycles. The minimum atomic E-state index is 0. The monoisotopic (exact) mass is 470 g/mol. The third-order valence-electron chi connectivity index (χ3n) is 4.48. The van der Waals surface area contributed by atoms with Crippen molar-refractivity contribution in [1.82, 2.24) is 4.90 Å².